The molecular formula is C15H25NO. The Hall–Kier alpha value is -1.18. The topological polar surface area (TPSA) is 46.2 Å². The molecule has 1 aromatic carbocycles. The molecule has 0 aromatic heterocycles. The maximum absolute atomic E-state index is 9.96. The molecule has 0 bridgehead atoms. The van der Waals surface area contributed by atoms with E-state index in [9.17, 15) is 5.11 Å². The number of aromatic hydroxyl groups is 1. The van der Waals surface area contributed by atoms with E-state index >= 15 is 0 Å². The first-order valence-corrected chi connectivity index (χ1v) is 6.42. The Bertz CT molecular complexity index is 406. The average Bonchev–Trinajstić information content (AvgIpc) is 2.19. The number of phenols is 1. The lowest BCUT2D eigenvalue weighted by molar-refractivity contribution is 0.475. The summed E-state index contributed by atoms with van der Waals surface area (Å²) < 4.78 is 0. The van der Waals surface area contributed by atoms with E-state index in [-0.39, 0.29) is 5.75 Å². The van der Waals surface area contributed by atoms with Gasteiger partial charge in [0.2, 0.25) is 0 Å². The number of rotatable bonds is 3. The van der Waals surface area contributed by atoms with Crippen LogP contribution in [0.4, 0.5) is 5.69 Å². The predicted octanol–water partition coefficient (Wildman–Crippen LogP) is 4.34. The van der Waals surface area contributed by atoms with E-state index in [0.717, 1.165) is 5.56 Å². The van der Waals surface area contributed by atoms with Gasteiger partial charge in [-0.3, -0.25) is 0 Å². The van der Waals surface area contributed by atoms with Crippen molar-refractivity contribution >= 4 is 5.69 Å². The van der Waals surface area contributed by atoms with Gasteiger partial charge in [0.05, 0.1) is 5.69 Å². The first-order chi connectivity index (χ1) is 7.77. The minimum atomic E-state index is 0.224. The van der Waals surface area contributed by atoms with Crippen LogP contribution in [-0.4, -0.2) is 5.11 Å². The van der Waals surface area contributed by atoms with Gasteiger partial charge in [-0.2, -0.15) is 0 Å². The van der Waals surface area contributed by atoms with Crippen LogP contribution in [0.2, 0.25) is 0 Å². The van der Waals surface area contributed by atoms with E-state index in [2.05, 4.69) is 41.5 Å². The van der Waals surface area contributed by atoms with Gasteiger partial charge < -0.3 is 10.8 Å². The molecule has 0 amide bonds. The van der Waals surface area contributed by atoms with E-state index in [4.69, 9.17) is 5.73 Å². The first kappa shape index (κ1) is 13.9. The molecule has 96 valence electrons. The van der Waals surface area contributed by atoms with Crippen LogP contribution >= 0.6 is 0 Å². The Balaban J connectivity index is 3.64. The summed E-state index contributed by atoms with van der Waals surface area (Å²) in [5.41, 5.74) is 10.2. The van der Waals surface area contributed by atoms with Crippen molar-refractivity contribution in [2.24, 2.45) is 0 Å². The average molecular weight is 235 g/mol. The van der Waals surface area contributed by atoms with Crippen LogP contribution in [0.3, 0.4) is 0 Å². The number of anilines is 1. The molecule has 2 heteroatoms. The lowest BCUT2D eigenvalue weighted by Crippen LogP contribution is -2.09. The Labute approximate surface area is 105 Å². The summed E-state index contributed by atoms with van der Waals surface area (Å²) in [6.45, 7) is 12.9. The minimum absolute atomic E-state index is 0.224. The van der Waals surface area contributed by atoms with E-state index in [1.165, 1.54) is 11.1 Å². The molecule has 0 radical (unpaired) electrons. The largest absolute Gasteiger partial charge is 0.506 e. The molecule has 1 aromatic rings. The van der Waals surface area contributed by atoms with E-state index in [1.54, 1.807) is 0 Å². The molecule has 0 fully saturated rings. The Morgan fingerprint density at radius 2 is 1.35 bits per heavy atom. The number of hydrogen-bond acceptors (Lipinski definition) is 2. The van der Waals surface area contributed by atoms with Gasteiger partial charge in [0.1, 0.15) is 5.75 Å². The molecule has 0 spiro atoms. The van der Waals surface area contributed by atoms with Gasteiger partial charge in [0.15, 0.2) is 0 Å². The fraction of sp³-hybridized carbons (Fsp3) is 0.600. The molecule has 0 unspecified atom stereocenters. The predicted molar refractivity (Wildman–Crippen MR) is 74.8 cm³/mol. The summed E-state index contributed by atoms with van der Waals surface area (Å²) in [6, 6.07) is 1.83. The number of nitrogen functional groups attached to an aromatic ring is 1. The highest BCUT2D eigenvalue weighted by Crippen LogP contribution is 2.41. The Morgan fingerprint density at radius 3 is 1.71 bits per heavy atom. The molecular weight excluding hydrogens is 210 g/mol. The van der Waals surface area contributed by atoms with Gasteiger partial charge >= 0.3 is 0 Å². The van der Waals surface area contributed by atoms with Crippen LogP contribution in [0.15, 0.2) is 6.07 Å². The summed E-state index contributed by atoms with van der Waals surface area (Å²) in [6.07, 6.45) is 0. The van der Waals surface area contributed by atoms with Crippen LogP contribution < -0.4 is 5.73 Å². The molecule has 1 rings (SSSR count). The maximum atomic E-state index is 9.96. The van der Waals surface area contributed by atoms with Crippen LogP contribution in [-0.2, 0) is 0 Å². The Kier molecular flexibility index (Phi) is 4.07. The lowest BCUT2D eigenvalue weighted by Gasteiger charge is -2.25. The van der Waals surface area contributed by atoms with Crippen molar-refractivity contribution in [2.75, 3.05) is 5.73 Å². The highest BCUT2D eigenvalue weighted by Gasteiger charge is 2.21. The van der Waals surface area contributed by atoms with Crippen molar-refractivity contribution in [1.29, 1.82) is 0 Å². The first-order valence-electron chi connectivity index (χ1n) is 6.42. The van der Waals surface area contributed by atoms with Crippen molar-refractivity contribution in [2.45, 2.75) is 59.3 Å². The van der Waals surface area contributed by atoms with Crippen LogP contribution in [0, 0.1) is 0 Å². The maximum Gasteiger partial charge on any atom is 0.139 e. The Morgan fingerprint density at radius 1 is 0.882 bits per heavy atom. The summed E-state index contributed by atoms with van der Waals surface area (Å²) in [5, 5.41) is 9.96. The zero-order chi connectivity index (χ0) is 13.3. The third kappa shape index (κ3) is 2.56. The number of nitrogens with two attached hydrogens (primary N) is 1. The molecule has 3 N–H and O–H groups in total. The molecule has 0 aliphatic heterocycles. The third-order valence-corrected chi connectivity index (χ3v) is 3.24. The third-order valence-electron chi connectivity index (χ3n) is 3.24. The van der Waals surface area contributed by atoms with E-state index < -0.39 is 0 Å². The highest BCUT2D eigenvalue weighted by atomic mass is 16.3. The standard InChI is InChI=1S/C15H25NO/c1-8(2)11-7-12(17)15(16)14(10(5)6)13(11)9(3)4/h7-10,17H,16H2,1-6H3. The quantitative estimate of drug-likeness (QED) is 0.604. The molecule has 0 saturated carbocycles. The second-order valence-corrected chi connectivity index (χ2v) is 5.69. The van der Waals surface area contributed by atoms with E-state index in [0.29, 0.717) is 23.4 Å². The van der Waals surface area contributed by atoms with Gasteiger partial charge in [0.25, 0.3) is 0 Å². The summed E-state index contributed by atoms with van der Waals surface area (Å²) in [7, 11) is 0. The number of phenolic OH excluding ortho intramolecular Hbond substituents is 1. The SMILES string of the molecule is CC(C)c1cc(O)c(N)c(C(C)C)c1C(C)C. The molecule has 0 atom stereocenters. The normalized spacial score (nSPS) is 11.8. The summed E-state index contributed by atoms with van der Waals surface area (Å²) >= 11 is 0. The lowest BCUT2D eigenvalue weighted by atomic mass is 9.82. The smallest absolute Gasteiger partial charge is 0.139 e. The van der Waals surface area contributed by atoms with Crippen LogP contribution in [0.25, 0.3) is 0 Å². The molecule has 17 heavy (non-hydrogen) atoms. The van der Waals surface area contributed by atoms with Crippen LogP contribution in [0.1, 0.15) is 76.0 Å². The van der Waals surface area contributed by atoms with Gasteiger partial charge in [-0.15, -0.1) is 0 Å². The highest BCUT2D eigenvalue weighted by molar-refractivity contribution is 5.65. The molecule has 2 nitrogen and oxygen atoms in total. The number of benzene rings is 1. The van der Waals surface area contributed by atoms with Crippen LogP contribution in [0.5, 0.6) is 5.75 Å². The number of hydrogen-bond donors (Lipinski definition) is 2. The van der Waals surface area contributed by atoms with Crippen molar-refractivity contribution in [3.63, 3.8) is 0 Å². The molecule has 0 aliphatic carbocycles. The monoisotopic (exact) mass is 235 g/mol. The van der Waals surface area contributed by atoms with Gasteiger partial charge in [-0.05, 0) is 40.5 Å². The molecule has 0 aliphatic rings. The fourth-order valence-electron chi connectivity index (χ4n) is 2.49. The van der Waals surface area contributed by atoms with E-state index in [1.807, 2.05) is 6.07 Å². The zero-order valence-corrected chi connectivity index (χ0v) is 11.8. The van der Waals surface area contributed by atoms with Gasteiger partial charge in [-0.25, -0.2) is 0 Å². The fourth-order valence-corrected chi connectivity index (χ4v) is 2.49. The second-order valence-electron chi connectivity index (χ2n) is 5.69. The van der Waals surface area contributed by atoms with Crippen molar-refractivity contribution in [1.82, 2.24) is 0 Å². The molecule has 0 saturated heterocycles. The summed E-state index contributed by atoms with van der Waals surface area (Å²) in [5.74, 6) is 1.38. The van der Waals surface area contributed by atoms with Crippen molar-refractivity contribution in [3.8, 4) is 5.75 Å². The molecule has 0 heterocycles. The van der Waals surface area contributed by atoms with Crippen molar-refractivity contribution < 1.29 is 5.11 Å². The second kappa shape index (κ2) is 4.99. The van der Waals surface area contributed by atoms with Crippen molar-refractivity contribution in [3.05, 3.63) is 22.8 Å². The summed E-state index contributed by atoms with van der Waals surface area (Å²) in [4.78, 5) is 0. The minimum Gasteiger partial charge on any atom is -0.506 e. The van der Waals surface area contributed by atoms with Gasteiger partial charge in [-0.1, -0.05) is 41.5 Å². The zero-order valence-electron chi connectivity index (χ0n) is 11.8. The van der Waals surface area contributed by atoms with Gasteiger partial charge in [0, 0.05) is 0 Å².